The second-order valence-corrected chi connectivity index (χ2v) is 9.38. The van der Waals surface area contributed by atoms with Crippen LogP contribution in [0.4, 0.5) is 0 Å². The number of nitrogens with zero attached hydrogens (tertiary/aromatic N) is 1. The Kier molecular flexibility index (Phi) is 7.41. The molecule has 148 valence electrons. The van der Waals surface area contributed by atoms with Gasteiger partial charge in [0.05, 0.1) is 19.3 Å². The van der Waals surface area contributed by atoms with Gasteiger partial charge in [-0.25, -0.2) is 0 Å². The molecule has 0 aromatic carbocycles. The first kappa shape index (κ1) is 20.2. The van der Waals surface area contributed by atoms with Crippen LogP contribution in [-0.4, -0.2) is 19.5 Å². The third-order valence-corrected chi connectivity index (χ3v) is 7.47. The molecule has 0 N–H and O–H groups in total. The Balaban J connectivity index is 1.40. The molecular weight excluding hydrogens is 322 g/mol. The van der Waals surface area contributed by atoms with E-state index >= 15 is 0 Å². The molecule has 0 radical (unpaired) electrons. The zero-order valence-corrected chi connectivity index (χ0v) is 17.0. The second kappa shape index (κ2) is 9.56. The third kappa shape index (κ3) is 4.82. The summed E-state index contributed by atoms with van der Waals surface area (Å²) in [6, 6.07) is 2.45. The van der Waals surface area contributed by atoms with Crippen molar-refractivity contribution in [3.63, 3.8) is 0 Å². The van der Waals surface area contributed by atoms with Crippen LogP contribution in [0.25, 0.3) is 0 Å². The maximum absolute atomic E-state index is 9.49. The van der Waals surface area contributed by atoms with Crippen LogP contribution in [0.15, 0.2) is 0 Å². The Morgan fingerprint density at radius 2 is 1.35 bits per heavy atom. The minimum atomic E-state index is -0.403. The fraction of sp³-hybridized carbons (Fsp3) is 0.957. The first-order valence-electron chi connectivity index (χ1n) is 11.3. The van der Waals surface area contributed by atoms with Crippen molar-refractivity contribution in [2.45, 2.75) is 97.2 Å². The lowest BCUT2D eigenvalue weighted by Gasteiger charge is -2.42. The average Bonchev–Trinajstić information content (AvgIpc) is 2.70. The van der Waals surface area contributed by atoms with Gasteiger partial charge in [0, 0.05) is 5.92 Å². The van der Waals surface area contributed by atoms with Gasteiger partial charge in [-0.15, -0.1) is 0 Å². The Bertz CT molecular complexity index is 447. The molecule has 3 fully saturated rings. The number of ether oxygens (including phenoxy) is 2. The van der Waals surface area contributed by atoms with Gasteiger partial charge >= 0.3 is 0 Å². The standard InChI is InChI=1S/C23H39NO2/c1-3-5-18-6-8-19(9-7-18)20-10-12-21(13-11-20)22-25-16-23(15-24,14-4-2)17-26-22/h18-22H,3-14,16-17H2,1-2H3. The van der Waals surface area contributed by atoms with E-state index in [9.17, 15) is 5.26 Å². The van der Waals surface area contributed by atoms with Gasteiger partial charge in [0.15, 0.2) is 6.29 Å². The van der Waals surface area contributed by atoms with Crippen LogP contribution < -0.4 is 0 Å². The Morgan fingerprint density at radius 3 is 1.85 bits per heavy atom. The molecule has 1 heterocycles. The lowest BCUT2D eigenvalue weighted by atomic mass is 9.68. The van der Waals surface area contributed by atoms with Crippen LogP contribution in [0.3, 0.4) is 0 Å². The number of nitriles is 1. The number of rotatable bonds is 6. The normalized spacial score (nSPS) is 41.5. The highest BCUT2D eigenvalue weighted by molar-refractivity contribution is 5.00. The second-order valence-electron chi connectivity index (χ2n) is 9.38. The third-order valence-electron chi connectivity index (χ3n) is 7.47. The van der Waals surface area contributed by atoms with Crippen molar-refractivity contribution in [1.82, 2.24) is 0 Å². The summed E-state index contributed by atoms with van der Waals surface area (Å²) in [7, 11) is 0. The van der Waals surface area contributed by atoms with E-state index in [1.54, 1.807) is 0 Å². The van der Waals surface area contributed by atoms with Crippen LogP contribution in [0.5, 0.6) is 0 Å². The maximum atomic E-state index is 9.49. The van der Waals surface area contributed by atoms with E-state index in [2.05, 4.69) is 19.9 Å². The molecule has 0 bridgehead atoms. The van der Waals surface area contributed by atoms with E-state index in [0.717, 1.165) is 30.6 Å². The van der Waals surface area contributed by atoms with E-state index < -0.39 is 5.41 Å². The lowest BCUT2D eigenvalue weighted by Crippen LogP contribution is -2.44. The highest BCUT2D eigenvalue weighted by atomic mass is 16.7. The molecule has 3 nitrogen and oxygen atoms in total. The van der Waals surface area contributed by atoms with E-state index in [1.165, 1.54) is 64.2 Å². The first-order chi connectivity index (χ1) is 12.7. The van der Waals surface area contributed by atoms with Crippen molar-refractivity contribution in [2.24, 2.45) is 29.1 Å². The highest BCUT2D eigenvalue weighted by Crippen LogP contribution is 2.44. The van der Waals surface area contributed by atoms with Crippen LogP contribution in [0.1, 0.15) is 90.9 Å². The Morgan fingerprint density at radius 1 is 0.808 bits per heavy atom. The van der Waals surface area contributed by atoms with Crippen molar-refractivity contribution in [1.29, 1.82) is 5.26 Å². The molecule has 0 spiro atoms. The maximum Gasteiger partial charge on any atom is 0.160 e. The first-order valence-corrected chi connectivity index (χ1v) is 11.3. The lowest BCUT2D eigenvalue weighted by molar-refractivity contribution is -0.244. The van der Waals surface area contributed by atoms with E-state index in [0.29, 0.717) is 19.1 Å². The summed E-state index contributed by atoms with van der Waals surface area (Å²) in [5, 5.41) is 9.49. The molecule has 0 amide bonds. The molecular formula is C23H39NO2. The van der Waals surface area contributed by atoms with Crippen molar-refractivity contribution in [3.05, 3.63) is 0 Å². The zero-order chi connectivity index (χ0) is 18.4. The quantitative estimate of drug-likeness (QED) is 0.575. The molecule has 1 aliphatic heterocycles. The summed E-state index contributed by atoms with van der Waals surface area (Å²) in [5.41, 5.74) is -0.403. The van der Waals surface area contributed by atoms with Crippen LogP contribution in [0, 0.1) is 40.4 Å². The fourth-order valence-electron chi connectivity index (χ4n) is 5.83. The molecule has 2 aliphatic carbocycles. The number of hydrogen-bond donors (Lipinski definition) is 0. The topological polar surface area (TPSA) is 42.2 Å². The van der Waals surface area contributed by atoms with Gasteiger partial charge in [0.2, 0.25) is 0 Å². The molecule has 26 heavy (non-hydrogen) atoms. The van der Waals surface area contributed by atoms with Crippen molar-refractivity contribution >= 4 is 0 Å². The summed E-state index contributed by atoms with van der Waals surface area (Å²) in [4.78, 5) is 0. The van der Waals surface area contributed by atoms with Gasteiger partial charge in [0.25, 0.3) is 0 Å². The Labute approximate surface area is 160 Å². The van der Waals surface area contributed by atoms with E-state index in [-0.39, 0.29) is 6.29 Å². The largest absolute Gasteiger partial charge is 0.351 e. The van der Waals surface area contributed by atoms with E-state index in [1.807, 2.05) is 0 Å². The Hall–Kier alpha value is -0.590. The molecule has 2 saturated carbocycles. The molecule has 0 unspecified atom stereocenters. The van der Waals surface area contributed by atoms with Crippen molar-refractivity contribution < 1.29 is 9.47 Å². The predicted molar refractivity (Wildman–Crippen MR) is 104 cm³/mol. The van der Waals surface area contributed by atoms with Gasteiger partial charge in [-0.3, -0.25) is 0 Å². The zero-order valence-electron chi connectivity index (χ0n) is 17.0. The van der Waals surface area contributed by atoms with Crippen molar-refractivity contribution in [3.8, 4) is 6.07 Å². The molecule has 0 aromatic heterocycles. The highest BCUT2D eigenvalue weighted by Gasteiger charge is 2.40. The van der Waals surface area contributed by atoms with Gasteiger partial charge in [-0.05, 0) is 62.7 Å². The van der Waals surface area contributed by atoms with Gasteiger partial charge < -0.3 is 9.47 Å². The van der Waals surface area contributed by atoms with Gasteiger partial charge in [-0.1, -0.05) is 46.0 Å². The van der Waals surface area contributed by atoms with Crippen LogP contribution >= 0.6 is 0 Å². The summed E-state index contributed by atoms with van der Waals surface area (Å²) in [5.74, 6) is 3.48. The molecule has 0 aromatic rings. The van der Waals surface area contributed by atoms with E-state index in [4.69, 9.17) is 9.47 Å². The van der Waals surface area contributed by atoms with Gasteiger partial charge in [-0.2, -0.15) is 5.26 Å². The van der Waals surface area contributed by atoms with Crippen LogP contribution in [0.2, 0.25) is 0 Å². The summed E-state index contributed by atoms with van der Waals surface area (Å²) in [6.07, 6.45) is 15.7. The summed E-state index contributed by atoms with van der Waals surface area (Å²) < 4.78 is 12.1. The van der Waals surface area contributed by atoms with Gasteiger partial charge in [0.1, 0.15) is 5.41 Å². The number of hydrogen-bond acceptors (Lipinski definition) is 3. The predicted octanol–water partition coefficient (Wildman–Crippen LogP) is 6.08. The van der Waals surface area contributed by atoms with Crippen molar-refractivity contribution in [2.75, 3.05) is 13.2 Å². The molecule has 3 aliphatic rings. The SMILES string of the molecule is CCCC1CCC(C2CCC(C3OCC(C#N)(CCC)CO3)CC2)CC1. The molecule has 3 rings (SSSR count). The minimum absolute atomic E-state index is 0.0606. The fourth-order valence-corrected chi connectivity index (χ4v) is 5.83. The molecule has 3 heteroatoms. The summed E-state index contributed by atoms with van der Waals surface area (Å²) >= 11 is 0. The monoisotopic (exact) mass is 361 g/mol. The minimum Gasteiger partial charge on any atom is -0.351 e. The average molecular weight is 362 g/mol. The molecule has 1 saturated heterocycles. The summed E-state index contributed by atoms with van der Waals surface area (Å²) in [6.45, 7) is 5.57. The smallest absolute Gasteiger partial charge is 0.160 e. The van der Waals surface area contributed by atoms with Crippen LogP contribution in [-0.2, 0) is 9.47 Å². The molecule has 0 atom stereocenters.